The quantitative estimate of drug-likeness (QED) is 0.428. The summed E-state index contributed by atoms with van der Waals surface area (Å²) in [7, 11) is 0. The van der Waals surface area contributed by atoms with Gasteiger partial charge < -0.3 is 0 Å². The molecule has 0 saturated heterocycles. The van der Waals surface area contributed by atoms with Gasteiger partial charge in [0.15, 0.2) is 0 Å². The summed E-state index contributed by atoms with van der Waals surface area (Å²) >= 11 is 0. The van der Waals surface area contributed by atoms with Gasteiger partial charge in [-0.05, 0) is 17.9 Å². The van der Waals surface area contributed by atoms with E-state index >= 15 is 0 Å². The molecule has 0 amide bonds. The van der Waals surface area contributed by atoms with Crippen LogP contribution >= 0.6 is 0 Å². The summed E-state index contributed by atoms with van der Waals surface area (Å²) in [5, 5.41) is 10.5. The lowest BCUT2D eigenvalue weighted by Gasteiger charge is -2.11. The van der Waals surface area contributed by atoms with E-state index in [-0.39, 0.29) is 5.69 Å². The average Bonchev–Trinajstić information content (AvgIpc) is 2.26. The number of rotatable bonds is 4. The van der Waals surface area contributed by atoms with Gasteiger partial charge in [0.25, 0.3) is 5.69 Å². The maximum atomic E-state index is 10.5. The molecule has 1 unspecified atom stereocenters. The summed E-state index contributed by atoms with van der Waals surface area (Å²) in [6, 6.07) is 6.61. The smallest absolute Gasteiger partial charge is 0.258 e. The number of nitro groups is 1. The number of non-ortho nitro benzene ring substituents is 1. The Morgan fingerprint density at radius 1 is 1.47 bits per heavy atom. The summed E-state index contributed by atoms with van der Waals surface area (Å²) in [5.41, 5.74) is 1.19. The third-order valence-corrected chi connectivity index (χ3v) is 2.43. The van der Waals surface area contributed by atoms with Crippen molar-refractivity contribution in [2.45, 2.75) is 25.7 Å². The van der Waals surface area contributed by atoms with Crippen molar-refractivity contribution < 1.29 is 4.92 Å². The van der Waals surface area contributed by atoms with Crippen molar-refractivity contribution in [1.82, 2.24) is 0 Å². The summed E-state index contributed by atoms with van der Waals surface area (Å²) in [4.78, 5) is 10.1. The standard InChI is InChI=1S/C12H13NO2/c1-3-5-10(4-2)11-6-8-12(9-7-11)13(14)15/h1,6-10H,4-5H2,2H3. The average molecular weight is 203 g/mol. The van der Waals surface area contributed by atoms with Gasteiger partial charge in [0, 0.05) is 18.6 Å². The SMILES string of the molecule is C#CCC(CC)c1ccc([N+](=O)[O-])cc1. The zero-order chi connectivity index (χ0) is 11.3. The van der Waals surface area contributed by atoms with E-state index in [1.165, 1.54) is 12.1 Å². The van der Waals surface area contributed by atoms with Gasteiger partial charge in [0.1, 0.15) is 0 Å². The van der Waals surface area contributed by atoms with Gasteiger partial charge in [0.05, 0.1) is 4.92 Å². The summed E-state index contributed by atoms with van der Waals surface area (Å²) in [5.74, 6) is 2.92. The highest BCUT2D eigenvalue weighted by molar-refractivity contribution is 5.34. The van der Waals surface area contributed by atoms with E-state index in [1.54, 1.807) is 12.1 Å². The van der Waals surface area contributed by atoms with Crippen molar-refractivity contribution in [1.29, 1.82) is 0 Å². The topological polar surface area (TPSA) is 43.1 Å². The Balaban J connectivity index is 2.87. The van der Waals surface area contributed by atoms with Crippen LogP contribution < -0.4 is 0 Å². The molecule has 0 spiro atoms. The minimum atomic E-state index is -0.397. The largest absolute Gasteiger partial charge is 0.269 e. The molecule has 3 nitrogen and oxygen atoms in total. The highest BCUT2D eigenvalue weighted by Gasteiger charge is 2.10. The van der Waals surface area contributed by atoms with Gasteiger partial charge >= 0.3 is 0 Å². The number of nitro benzene ring substituents is 1. The highest BCUT2D eigenvalue weighted by Crippen LogP contribution is 2.24. The second-order valence-electron chi connectivity index (χ2n) is 3.36. The van der Waals surface area contributed by atoms with E-state index in [0.29, 0.717) is 12.3 Å². The Bertz CT molecular complexity index is 376. The monoisotopic (exact) mass is 203 g/mol. The molecule has 1 atom stereocenters. The first-order valence-electron chi connectivity index (χ1n) is 4.86. The molecular weight excluding hydrogens is 190 g/mol. The normalized spacial score (nSPS) is 11.7. The van der Waals surface area contributed by atoms with E-state index in [9.17, 15) is 10.1 Å². The van der Waals surface area contributed by atoms with Crippen molar-refractivity contribution in [3.8, 4) is 12.3 Å². The fourth-order valence-corrected chi connectivity index (χ4v) is 1.51. The van der Waals surface area contributed by atoms with Crippen LogP contribution in [0, 0.1) is 22.5 Å². The first-order chi connectivity index (χ1) is 7.19. The highest BCUT2D eigenvalue weighted by atomic mass is 16.6. The summed E-state index contributed by atoms with van der Waals surface area (Å²) in [6.45, 7) is 2.06. The van der Waals surface area contributed by atoms with Crippen LogP contribution in [-0.4, -0.2) is 4.92 Å². The predicted octanol–water partition coefficient (Wildman–Crippen LogP) is 3.11. The van der Waals surface area contributed by atoms with Gasteiger partial charge in [-0.1, -0.05) is 19.1 Å². The molecule has 0 N–H and O–H groups in total. The van der Waals surface area contributed by atoms with Crippen LogP contribution in [-0.2, 0) is 0 Å². The number of benzene rings is 1. The van der Waals surface area contributed by atoms with Crippen LogP contribution in [0.25, 0.3) is 0 Å². The number of terminal acetylenes is 1. The molecule has 0 aliphatic heterocycles. The predicted molar refractivity (Wildman–Crippen MR) is 59.6 cm³/mol. The number of hydrogen-bond acceptors (Lipinski definition) is 2. The molecule has 0 aliphatic carbocycles. The van der Waals surface area contributed by atoms with Gasteiger partial charge in [-0.25, -0.2) is 0 Å². The Kier molecular flexibility index (Phi) is 3.87. The first kappa shape index (κ1) is 11.3. The van der Waals surface area contributed by atoms with Crippen molar-refractivity contribution in [3.63, 3.8) is 0 Å². The van der Waals surface area contributed by atoms with Crippen molar-refractivity contribution in [2.75, 3.05) is 0 Å². The minimum Gasteiger partial charge on any atom is -0.258 e. The van der Waals surface area contributed by atoms with Gasteiger partial charge in [-0.3, -0.25) is 10.1 Å². The Labute approximate surface area is 89.3 Å². The zero-order valence-electron chi connectivity index (χ0n) is 8.64. The Hall–Kier alpha value is -1.82. The minimum absolute atomic E-state index is 0.120. The molecular formula is C12H13NO2. The Morgan fingerprint density at radius 2 is 2.07 bits per heavy atom. The van der Waals surface area contributed by atoms with Crippen LogP contribution in [0.2, 0.25) is 0 Å². The van der Waals surface area contributed by atoms with Gasteiger partial charge in [0.2, 0.25) is 0 Å². The second kappa shape index (κ2) is 5.16. The molecule has 0 fully saturated rings. The number of hydrogen-bond donors (Lipinski definition) is 0. The van der Waals surface area contributed by atoms with E-state index in [2.05, 4.69) is 12.8 Å². The molecule has 15 heavy (non-hydrogen) atoms. The van der Waals surface area contributed by atoms with Crippen molar-refractivity contribution in [2.24, 2.45) is 0 Å². The molecule has 3 heteroatoms. The second-order valence-corrected chi connectivity index (χ2v) is 3.36. The molecule has 78 valence electrons. The molecule has 0 saturated carbocycles. The van der Waals surface area contributed by atoms with Crippen LogP contribution in [0.1, 0.15) is 31.2 Å². The lowest BCUT2D eigenvalue weighted by atomic mass is 9.93. The maximum absolute atomic E-state index is 10.5. The van der Waals surface area contributed by atoms with Crippen molar-refractivity contribution in [3.05, 3.63) is 39.9 Å². The van der Waals surface area contributed by atoms with E-state index in [4.69, 9.17) is 6.42 Å². The van der Waals surface area contributed by atoms with Gasteiger partial charge in [-0.2, -0.15) is 0 Å². The first-order valence-corrected chi connectivity index (χ1v) is 4.86. The summed E-state index contributed by atoms with van der Waals surface area (Å²) in [6.07, 6.45) is 6.88. The zero-order valence-corrected chi connectivity index (χ0v) is 8.64. The fraction of sp³-hybridized carbons (Fsp3) is 0.333. The molecule has 0 radical (unpaired) electrons. The third kappa shape index (κ3) is 2.81. The van der Waals surface area contributed by atoms with Crippen LogP contribution in [0.15, 0.2) is 24.3 Å². The third-order valence-electron chi connectivity index (χ3n) is 2.43. The van der Waals surface area contributed by atoms with E-state index < -0.39 is 4.92 Å². The molecule has 0 aromatic heterocycles. The molecule has 0 aliphatic rings. The van der Waals surface area contributed by atoms with Crippen molar-refractivity contribution >= 4 is 5.69 Å². The van der Waals surface area contributed by atoms with E-state index in [0.717, 1.165) is 12.0 Å². The fourth-order valence-electron chi connectivity index (χ4n) is 1.51. The van der Waals surface area contributed by atoms with Gasteiger partial charge in [-0.15, -0.1) is 12.3 Å². The van der Waals surface area contributed by atoms with Crippen LogP contribution in [0.5, 0.6) is 0 Å². The van der Waals surface area contributed by atoms with E-state index in [1.807, 2.05) is 0 Å². The maximum Gasteiger partial charge on any atom is 0.269 e. The summed E-state index contributed by atoms with van der Waals surface area (Å²) < 4.78 is 0. The number of nitrogens with zero attached hydrogens (tertiary/aromatic N) is 1. The molecule has 0 bridgehead atoms. The Morgan fingerprint density at radius 3 is 2.47 bits per heavy atom. The van der Waals surface area contributed by atoms with Crippen LogP contribution in [0.4, 0.5) is 5.69 Å². The lowest BCUT2D eigenvalue weighted by Crippen LogP contribution is -1.96. The molecule has 0 heterocycles. The molecule has 1 aromatic carbocycles. The van der Waals surface area contributed by atoms with Crippen LogP contribution in [0.3, 0.4) is 0 Å². The lowest BCUT2D eigenvalue weighted by molar-refractivity contribution is -0.384. The molecule has 1 rings (SSSR count). The molecule has 1 aromatic rings.